The third kappa shape index (κ3) is 4.85. The molecule has 0 aromatic heterocycles. The number of amides is 1. The van der Waals surface area contributed by atoms with Crippen LogP contribution in [-0.4, -0.2) is 52.8 Å². The number of ether oxygens (including phenoxy) is 1. The summed E-state index contributed by atoms with van der Waals surface area (Å²) in [6.07, 6.45) is 2.05. The first kappa shape index (κ1) is 24.3. The molecule has 1 amide bonds. The van der Waals surface area contributed by atoms with E-state index in [0.29, 0.717) is 6.54 Å². The molecule has 2 aliphatic rings. The van der Waals surface area contributed by atoms with Gasteiger partial charge in [0.2, 0.25) is 0 Å². The van der Waals surface area contributed by atoms with E-state index >= 15 is 0 Å². The Morgan fingerprint density at radius 1 is 1.24 bits per heavy atom. The number of aliphatic imine (C=N–C) groups is 1. The lowest BCUT2D eigenvalue weighted by atomic mass is 9.93. The molecule has 0 bridgehead atoms. The second-order valence-electron chi connectivity index (χ2n) is 9.42. The molecule has 4 rings (SSSR count). The van der Waals surface area contributed by atoms with Crippen molar-refractivity contribution >= 4 is 34.2 Å². The number of thioether (sulfide) groups is 1. The van der Waals surface area contributed by atoms with E-state index in [0.717, 1.165) is 47.8 Å². The molecule has 0 spiro atoms. The van der Waals surface area contributed by atoms with Gasteiger partial charge in [0, 0.05) is 30.4 Å². The zero-order valence-electron chi connectivity index (χ0n) is 21.0. The smallest absolute Gasteiger partial charge is 0.302 e. The van der Waals surface area contributed by atoms with E-state index < -0.39 is 0 Å². The highest BCUT2D eigenvalue weighted by Gasteiger charge is 2.37. The first-order valence-corrected chi connectivity index (χ1v) is 12.8. The molecule has 0 unspecified atom stereocenters. The molecule has 2 aromatic carbocycles. The summed E-state index contributed by atoms with van der Waals surface area (Å²) >= 11 is 1.34. The molecule has 2 aliphatic heterocycles. The number of anilines is 1. The molecule has 2 aromatic rings. The van der Waals surface area contributed by atoms with Crippen LogP contribution in [0.25, 0.3) is 0 Å². The second-order valence-corrected chi connectivity index (χ2v) is 11.0. The number of hydrogen-bond donors (Lipinski definition) is 0. The zero-order valence-corrected chi connectivity index (χ0v) is 21.8. The molecular weight excluding hydrogens is 444 g/mol. The number of methoxy groups -OCH3 is 1. The summed E-state index contributed by atoms with van der Waals surface area (Å²) in [5, 5.41) is 6.31. The number of hydrazone groups is 1. The van der Waals surface area contributed by atoms with Gasteiger partial charge in [0.25, 0.3) is 0 Å². The van der Waals surface area contributed by atoms with Crippen LogP contribution in [0.4, 0.5) is 10.5 Å². The Balaban J connectivity index is 1.76. The summed E-state index contributed by atoms with van der Waals surface area (Å²) in [6, 6.07) is 14.9. The predicted molar refractivity (Wildman–Crippen MR) is 143 cm³/mol. The number of fused-ring (bicyclic) bond motifs is 1. The topological polar surface area (TPSA) is 57.5 Å². The van der Waals surface area contributed by atoms with Crippen molar-refractivity contribution in [1.29, 1.82) is 0 Å². The van der Waals surface area contributed by atoms with Gasteiger partial charge in [0.1, 0.15) is 11.6 Å². The van der Waals surface area contributed by atoms with Crippen LogP contribution in [0.3, 0.4) is 0 Å². The van der Waals surface area contributed by atoms with Gasteiger partial charge < -0.3 is 9.64 Å². The van der Waals surface area contributed by atoms with Crippen LogP contribution in [0, 0.1) is 0 Å². The zero-order chi connectivity index (χ0) is 24.5. The lowest BCUT2D eigenvalue weighted by Crippen LogP contribution is -2.41. The molecule has 0 atom stereocenters. The van der Waals surface area contributed by atoms with Crippen LogP contribution in [0.15, 0.2) is 52.6 Å². The molecule has 2 heterocycles. The largest absolute Gasteiger partial charge is 0.497 e. The Labute approximate surface area is 207 Å². The Hall–Kier alpha value is -2.80. The average molecular weight is 479 g/mol. The molecule has 6 nitrogen and oxygen atoms in total. The lowest BCUT2D eigenvalue weighted by Gasteiger charge is -2.35. The van der Waals surface area contributed by atoms with Gasteiger partial charge in [0.15, 0.2) is 0 Å². The number of nitrogens with zero attached hydrogens (tertiary/aromatic N) is 4. The first-order valence-electron chi connectivity index (χ1n) is 12.0. The lowest BCUT2D eigenvalue weighted by molar-refractivity contribution is 0.226. The first-order chi connectivity index (χ1) is 16.2. The molecule has 0 saturated heterocycles. The van der Waals surface area contributed by atoms with Gasteiger partial charge >= 0.3 is 5.24 Å². The monoisotopic (exact) mass is 478 g/mol. The second kappa shape index (κ2) is 9.82. The number of benzene rings is 2. The van der Waals surface area contributed by atoms with Gasteiger partial charge in [-0.25, -0.2) is 5.01 Å². The number of carbonyl (C=O) groups excluding carboxylic acids is 1. The van der Waals surface area contributed by atoms with Gasteiger partial charge in [0.05, 0.1) is 17.6 Å². The Bertz CT molecular complexity index is 1140. The fourth-order valence-electron chi connectivity index (χ4n) is 4.48. The van der Waals surface area contributed by atoms with Crippen molar-refractivity contribution in [3.63, 3.8) is 0 Å². The molecule has 180 valence electrons. The van der Waals surface area contributed by atoms with Gasteiger partial charge in [-0.15, -0.1) is 0 Å². The highest BCUT2D eigenvalue weighted by Crippen LogP contribution is 2.38. The molecular formula is C27H34N4O2S. The minimum atomic E-state index is -0.379. The summed E-state index contributed by atoms with van der Waals surface area (Å²) in [5.74, 6) is 1.79. The van der Waals surface area contributed by atoms with Crippen molar-refractivity contribution in [3.05, 3.63) is 59.2 Å². The van der Waals surface area contributed by atoms with Gasteiger partial charge in [-0.1, -0.05) is 30.0 Å². The van der Waals surface area contributed by atoms with Crippen LogP contribution in [0.5, 0.6) is 5.75 Å². The minimum Gasteiger partial charge on any atom is -0.497 e. The van der Waals surface area contributed by atoms with Crippen LogP contribution in [-0.2, 0) is 6.42 Å². The number of hydrogen-bond acceptors (Lipinski definition) is 5. The van der Waals surface area contributed by atoms with E-state index in [1.165, 1.54) is 23.0 Å². The Kier molecular flexibility index (Phi) is 7.03. The van der Waals surface area contributed by atoms with Crippen molar-refractivity contribution in [3.8, 4) is 5.75 Å². The molecule has 0 aliphatic carbocycles. The normalized spacial score (nSPS) is 18.1. The summed E-state index contributed by atoms with van der Waals surface area (Å²) in [6.45, 7) is 11.8. The fraction of sp³-hybridized carbons (Fsp3) is 0.444. The van der Waals surface area contributed by atoms with E-state index in [-0.39, 0.29) is 16.0 Å². The highest BCUT2D eigenvalue weighted by molar-refractivity contribution is 8.15. The maximum Gasteiger partial charge on any atom is 0.302 e. The van der Waals surface area contributed by atoms with Gasteiger partial charge in [-0.05, 0) is 82.9 Å². The SMILES string of the molecule is CCN1N=C(c2ccc3c(c2)CCCN3C(=NC(C)C)c2cccc(OC)c2)C(C)(C)SC1=O. The van der Waals surface area contributed by atoms with Crippen molar-refractivity contribution in [2.45, 2.75) is 58.2 Å². The van der Waals surface area contributed by atoms with Crippen molar-refractivity contribution in [1.82, 2.24) is 5.01 Å². The molecule has 34 heavy (non-hydrogen) atoms. The van der Waals surface area contributed by atoms with Crippen LogP contribution in [0.2, 0.25) is 0 Å². The van der Waals surface area contributed by atoms with Crippen LogP contribution < -0.4 is 9.64 Å². The average Bonchev–Trinajstić information content (AvgIpc) is 2.81. The van der Waals surface area contributed by atoms with E-state index in [1.807, 2.05) is 19.1 Å². The molecule has 0 saturated carbocycles. The summed E-state index contributed by atoms with van der Waals surface area (Å²) < 4.78 is 5.10. The molecule has 7 heteroatoms. The maximum absolute atomic E-state index is 12.4. The van der Waals surface area contributed by atoms with Crippen LogP contribution >= 0.6 is 11.8 Å². The Morgan fingerprint density at radius 2 is 2.03 bits per heavy atom. The van der Waals surface area contributed by atoms with Gasteiger partial charge in [-0.3, -0.25) is 9.79 Å². The van der Waals surface area contributed by atoms with E-state index in [1.54, 1.807) is 12.1 Å². The third-order valence-electron chi connectivity index (χ3n) is 6.08. The Morgan fingerprint density at radius 3 is 2.74 bits per heavy atom. The fourth-order valence-corrected chi connectivity index (χ4v) is 5.44. The summed E-state index contributed by atoms with van der Waals surface area (Å²) in [7, 11) is 1.69. The van der Waals surface area contributed by atoms with E-state index in [2.05, 4.69) is 62.9 Å². The number of rotatable bonds is 5. The minimum absolute atomic E-state index is 0.00760. The molecule has 0 N–H and O–H groups in total. The quantitative estimate of drug-likeness (QED) is 0.392. The van der Waals surface area contributed by atoms with Gasteiger partial charge in [-0.2, -0.15) is 5.10 Å². The predicted octanol–water partition coefficient (Wildman–Crippen LogP) is 5.97. The number of amidine groups is 1. The summed E-state index contributed by atoms with van der Waals surface area (Å²) in [4.78, 5) is 19.8. The van der Waals surface area contributed by atoms with Crippen molar-refractivity contribution in [2.75, 3.05) is 25.1 Å². The van der Waals surface area contributed by atoms with E-state index in [9.17, 15) is 4.79 Å². The molecule has 0 radical (unpaired) electrons. The standard InChI is InChI=1S/C27H34N4O2S/c1-7-31-26(32)34-27(4,5)24(29-31)20-13-14-23-19(16-20)11-9-15-30(23)25(28-18(2)3)21-10-8-12-22(17-21)33-6/h8,10,12-14,16-18H,7,9,11,15H2,1-6H3. The van der Waals surface area contributed by atoms with Crippen LogP contribution in [0.1, 0.15) is 57.7 Å². The van der Waals surface area contributed by atoms with E-state index in [4.69, 9.17) is 14.8 Å². The summed E-state index contributed by atoms with van der Waals surface area (Å²) in [5.41, 5.74) is 5.54. The third-order valence-corrected chi connectivity index (χ3v) is 7.17. The van der Waals surface area contributed by atoms with Crippen molar-refractivity contribution < 1.29 is 9.53 Å². The maximum atomic E-state index is 12.4. The molecule has 0 fully saturated rings. The van der Waals surface area contributed by atoms with Crippen molar-refractivity contribution in [2.24, 2.45) is 10.1 Å². The number of aryl methyl sites for hydroxylation is 1. The highest BCUT2D eigenvalue weighted by atomic mass is 32.2. The number of carbonyl (C=O) groups is 1.